The first-order valence-electron chi connectivity index (χ1n) is 6.39. The number of nitrogens with zero attached hydrogens (tertiary/aromatic N) is 1. The Balaban J connectivity index is 2.12. The maximum absolute atomic E-state index is 12.7. The maximum atomic E-state index is 12.7. The van der Waals surface area contributed by atoms with Crippen molar-refractivity contribution < 1.29 is 9.90 Å². The zero-order valence-electron chi connectivity index (χ0n) is 11.2. The van der Waals surface area contributed by atoms with Crippen LogP contribution >= 0.6 is 23.2 Å². The molecule has 0 amide bonds. The minimum atomic E-state index is -0.284. The number of aromatic hydroxyl groups is 1. The summed E-state index contributed by atoms with van der Waals surface area (Å²) in [5, 5.41) is 17.4. The fourth-order valence-electron chi connectivity index (χ4n) is 2.16. The molecule has 3 rings (SSSR count). The van der Waals surface area contributed by atoms with E-state index >= 15 is 0 Å². The summed E-state index contributed by atoms with van der Waals surface area (Å²) in [6, 6.07) is 11.3. The van der Waals surface area contributed by atoms with Gasteiger partial charge in [0.15, 0.2) is 5.78 Å². The van der Waals surface area contributed by atoms with Gasteiger partial charge >= 0.3 is 0 Å². The SMILES string of the molecule is O=C(c1ccccc1Cl)c1cn[nH]c1-c1cc(Cl)ccc1O. The van der Waals surface area contributed by atoms with Gasteiger partial charge in [-0.15, -0.1) is 0 Å². The van der Waals surface area contributed by atoms with Gasteiger partial charge in [-0.1, -0.05) is 35.3 Å². The number of hydrogen-bond acceptors (Lipinski definition) is 3. The average molecular weight is 333 g/mol. The van der Waals surface area contributed by atoms with Crippen molar-refractivity contribution in [3.63, 3.8) is 0 Å². The van der Waals surface area contributed by atoms with Gasteiger partial charge in [0.05, 0.1) is 22.5 Å². The topological polar surface area (TPSA) is 66.0 Å². The first-order valence-corrected chi connectivity index (χ1v) is 7.15. The number of carbonyl (C=O) groups is 1. The summed E-state index contributed by atoms with van der Waals surface area (Å²) < 4.78 is 0. The molecule has 0 spiro atoms. The molecular weight excluding hydrogens is 323 g/mol. The number of ketones is 1. The van der Waals surface area contributed by atoms with E-state index in [4.69, 9.17) is 23.2 Å². The molecule has 3 aromatic rings. The molecule has 0 bridgehead atoms. The van der Waals surface area contributed by atoms with E-state index in [9.17, 15) is 9.90 Å². The maximum Gasteiger partial charge on any atom is 0.198 e. The highest BCUT2D eigenvalue weighted by molar-refractivity contribution is 6.35. The zero-order chi connectivity index (χ0) is 15.7. The monoisotopic (exact) mass is 332 g/mol. The molecule has 6 heteroatoms. The molecule has 1 heterocycles. The molecule has 0 fully saturated rings. The van der Waals surface area contributed by atoms with Crippen LogP contribution in [-0.4, -0.2) is 21.1 Å². The van der Waals surface area contributed by atoms with Gasteiger partial charge in [-0.3, -0.25) is 9.89 Å². The molecule has 1 aromatic heterocycles. The molecule has 22 heavy (non-hydrogen) atoms. The second-order valence-corrected chi connectivity index (χ2v) is 5.47. The zero-order valence-corrected chi connectivity index (χ0v) is 12.7. The van der Waals surface area contributed by atoms with Crippen LogP contribution in [0.3, 0.4) is 0 Å². The number of rotatable bonds is 3. The Hall–Kier alpha value is -2.30. The lowest BCUT2D eigenvalue weighted by Gasteiger charge is -2.07. The Labute approximate surface area is 136 Å². The molecule has 0 aliphatic carbocycles. The molecule has 4 nitrogen and oxygen atoms in total. The number of carbonyl (C=O) groups excluding carboxylic acids is 1. The van der Waals surface area contributed by atoms with Gasteiger partial charge in [-0.05, 0) is 30.3 Å². The molecule has 110 valence electrons. The summed E-state index contributed by atoms with van der Waals surface area (Å²) in [5.41, 5.74) is 1.48. The largest absolute Gasteiger partial charge is 0.507 e. The van der Waals surface area contributed by atoms with Crippen LogP contribution in [0.1, 0.15) is 15.9 Å². The van der Waals surface area contributed by atoms with E-state index in [-0.39, 0.29) is 11.5 Å². The number of phenolic OH excluding ortho intramolecular Hbond substituents is 1. The van der Waals surface area contributed by atoms with Crippen molar-refractivity contribution in [2.24, 2.45) is 0 Å². The fraction of sp³-hybridized carbons (Fsp3) is 0. The second kappa shape index (κ2) is 5.83. The van der Waals surface area contributed by atoms with Crippen molar-refractivity contribution in [2.45, 2.75) is 0 Å². The van der Waals surface area contributed by atoms with E-state index in [0.29, 0.717) is 32.4 Å². The van der Waals surface area contributed by atoms with Gasteiger partial charge in [0.2, 0.25) is 0 Å². The Morgan fingerprint density at radius 3 is 2.64 bits per heavy atom. The van der Waals surface area contributed by atoms with Gasteiger partial charge in [0.25, 0.3) is 0 Å². The Morgan fingerprint density at radius 2 is 1.86 bits per heavy atom. The molecule has 2 aromatic carbocycles. The van der Waals surface area contributed by atoms with Gasteiger partial charge in [0.1, 0.15) is 5.75 Å². The normalized spacial score (nSPS) is 10.6. The van der Waals surface area contributed by atoms with Crippen molar-refractivity contribution in [1.29, 1.82) is 0 Å². The molecule has 0 saturated carbocycles. The van der Waals surface area contributed by atoms with Crippen molar-refractivity contribution in [3.05, 3.63) is 69.8 Å². The molecule has 0 aliphatic rings. The molecule has 0 saturated heterocycles. The standard InChI is InChI=1S/C16H10Cl2N2O2/c17-9-5-6-14(21)11(7-9)15-12(8-19-20-15)16(22)10-3-1-2-4-13(10)18/h1-8,21H,(H,19,20). The fourth-order valence-corrected chi connectivity index (χ4v) is 2.56. The smallest absolute Gasteiger partial charge is 0.198 e. The summed E-state index contributed by atoms with van der Waals surface area (Å²) >= 11 is 12.0. The highest BCUT2D eigenvalue weighted by atomic mass is 35.5. The van der Waals surface area contributed by atoms with E-state index in [1.165, 1.54) is 12.3 Å². The number of nitrogens with one attached hydrogen (secondary N) is 1. The second-order valence-electron chi connectivity index (χ2n) is 4.63. The highest BCUT2D eigenvalue weighted by Crippen LogP contribution is 2.33. The lowest BCUT2D eigenvalue weighted by molar-refractivity contribution is 0.103. The van der Waals surface area contributed by atoms with E-state index < -0.39 is 0 Å². The van der Waals surface area contributed by atoms with Crippen LogP contribution in [-0.2, 0) is 0 Å². The average Bonchev–Trinajstić information content (AvgIpc) is 2.99. The number of H-pyrrole nitrogens is 1. The molecule has 2 N–H and O–H groups in total. The summed E-state index contributed by atoms with van der Waals surface area (Å²) in [6.07, 6.45) is 1.40. The van der Waals surface area contributed by atoms with Gasteiger partial charge in [-0.2, -0.15) is 5.10 Å². The van der Waals surface area contributed by atoms with Crippen molar-refractivity contribution >= 4 is 29.0 Å². The van der Waals surface area contributed by atoms with Crippen LogP contribution in [0.4, 0.5) is 0 Å². The number of aromatic amines is 1. The predicted octanol–water partition coefficient (Wildman–Crippen LogP) is 4.32. The van der Waals surface area contributed by atoms with Crippen molar-refractivity contribution in [1.82, 2.24) is 10.2 Å². The summed E-state index contributed by atoms with van der Waals surface area (Å²) in [4.78, 5) is 12.7. The number of hydrogen-bond donors (Lipinski definition) is 2. The van der Waals surface area contributed by atoms with Crippen LogP contribution in [0.25, 0.3) is 11.3 Å². The molecule has 0 atom stereocenters. The lowest BCUT2D eigenvalue weighted by atomic mass is 10.00. The van der Waals surface area contributed by atoms with Crippen LogP contribution in [0.2, 0.25) is 10.0 Å². The van der Waals surface area contributed by atoms with Crippen LogP contribution in [0.15, 0.2) is 48.7 Å². The molecule has 0 aliphatic heterocycles. The molecule has 0 radical (unpaired) electrons. The van der Waals surface area contributed by atoms with Gasteiger partial charge in [0, 0.05) is 16.1 Å². The number of halogens is 2. The van der Waals surface area contributed by atoms with Crippen molar-refractivity contribution in [3.8, 4) is 17.0 Å². The minimum absolute atomic E-state index is 0.00172. The predicted molar refractivity (Wildman–Crippen MR) is 85.6 cm³/mol. The lowest BCUT2D eigenvalue weighted by Crippen LogP contribution is -2.02. The third-order valence-electron chi connectivity index (χ3n) is 3.23. The van der Waals surface area contributed by atoms with E-state index in [1.54, 1.807) is 36.4 Å². The summed E-state index contributed by atoms with van der Waals surface area (Å²) in [7, 11) is 0. The number of benzene rings is 2. The first kappa shape index (κ1) is 14.6. The minimum Gasteiger partial charge on any atom is -0.507 e. The molecule has 0 unspecified atom stereocenters. The quantitative estimate of drug-likeness (QED) is 0.702. The third kappa shape index (κ3) is 2.58. The Bertz CT molecular complexity index is 859. The van der Waals surface area contributed by atoms with E-state index in [0.717, 1.165) is 0 Å². The Morgan fingerprint density at radius 1 is 1.09 bits per heavy atom. The van der Waals surface area contributed by atoms with Crippen LogP contribution < -0.4 is 0 Å². The van der Waals surface area contributed by atoms with Gasteiger partial charge in [-0.25, -0.2) is 0 Å². The summed E-state index contributed by atoms with van der Waals surface area (Å²) in [6.45, 7) is 0. The van der Waals surface area contributed by atoms with Crippen molar-refractivity contribution in [2.75, 3.05) is 0 Å². The number of phenols is 1. The highest BCUT2D eigenvalue weighted by Gasteiger charge is 2.20. The van der Waals surface area contributed by atoms with Crippen LogP contribution in [0, 0.1) is 0 Å². The third-order valence-corrected chi connectivity index (χ3v) is 3.80. The van der Waals surface area contributed by atoms with Gasteiger partial charge < -0.3 is 5.11 Å². The Kier molecular flexibility index (Phi) is 3.88. The van der Waals surface area contributed by atoms with Crippen LogP contribution in [0.5, 0.6) is 5.75 Å². The van der Waals surface area contributed by atoms with E-state index in [1.807, 2.05) is 0 Å². The summed E-state index contributed by atoms with van der Waals surface area (Å²) in [5.74, 6) is -0.282. The number of aromatic nitrogens is 2. The molecular formula is C16H10Cl2N2O2. The van der Waals surface area contributed by atoms with E-state index in [2.05, 4.69) is 10.2 Å². The first-order chi connectivity index (χ1) is 10.6.